The van der Waals surface area contributed by atoms with Crippen molar-refractivity contribution in [1.82, 2.24) is 14.7 Å². The second kappa shape index (κ2) is 7.74. The first kappa shape index (κ1) is 19.8. The molecule has 0 radical (unpaired) electrons. The smallest absolute Gasteiger partial charge is 0.269 e. The highest BCUT2D eigenvalue weighted by atomic mass is 32.2. The maximum Gasteiger partial charge on any atom is 0.269 e. The van der Waals surface area contributed by atoms with Crippen LogP contribution >= 0.6 is 11.3 Å². The number of hydrazine groups is 1. The van der Waals surface area contributed by atoms with E-state index in [1.54, 1.807) is 0 Å². The molecule has 0 saturated carbocycles. The van der Waals surface area contributed by atoms with Crippen LogP contribution < -0.4 is 10.9 Å². The summed E-state index contributed by atoms with van der Waals surface area (Å²) in [5.74, 6) is -0.359. The van der Waals surface area contributed by atoms with Gasteiger partial charge in [0.25, 0.3) is 5.91 Å². The predicted molar refractivity (Wildman–Crippen MR) is 115 cm³/mol. The van der Waals surface area contributed by atoms with E-state index in [4.69, 9.17) is 0 Å². The van der Waals surface area contributed by atoms with Crippen LogP contribution in [0.4, 0.5) is 5.13 Å². The molecule has 0 unspecified atom stereocenters. The van der Waals surface area contributed by atoms with Crippen LogP contribution in [0.1, 0.15) is 34.3 Å². The Morgan fingerprint density at radius 2 is 1.79 bits per heavy atom. The minimum atomic E-state index is -3.48. The van der Waals surface area contributed by atoms with Crippen molar-refractivity contribution < 1.29 is 13.2 Å². The Kier molecular flexibility index (Phi) is 5.28. The van der Waals surface area contributed by atoms with Crippen molar-refractivity contribution >= 4 is 42.6 Å². The average Bonchev–Trinajstić information content (AvgIpc) is 3.36. The van der Waals surface area contributed by atoms with Gasteiger partial charge >= 0.3 is 0 Å². The number of nitrogens with zero attached hydrogens (tertiary/aromatic N) is 2. The fourth-order valence-corrected chi connectivity index (χ4v) is 5.97. The van der Waals surface area contributed by atoms with Crippen molar-refractivity contribution in [2.45, 2.75) is 31.6 Å². The topological polar surface area (TPSA) is 91.4 Å². The molecule has 0 aliphatic carbocycles. The van der Waals surface area contributed by atoms with E-state index in [2.05, 4.69) is 28.0 Å². The zero-order chi connectivity index (χ0) is 20.6. The molecule has 1 amide bonds. The van der Waals surface area contributed by atoms with Gasteiger partial charge in [0.05, 0.1) is 15.1 Å². The molecule has 152 valence electrons. The normalized spacial score (nSPS) is 15.0. The number of hydrogen-bond acceptors (Lipinski definition) is 6. The van der Waals surface area contributed by atoms with Gasteiger partial charge in [-0.1, -0.05) is 17.4 Å². The highest BCUT2D eigenvalue weighted by molar-refractivity contribution is 7.89. The van der Waals surface area contributed by atoms with E-state index in [1.165, 1.54) is 45.5 Å². The third-order valence-electron chi connectivity index (χ3n) is 4.93. The third kappa shape index (κ3) is 3.98. The Hall–Kier alpha value is -2.49. The quantitative estimate of drug-likeness (QED) is 0.605. The second-order valence-corrected chi connectivity index (χ2v) is 10.1. The number of rotatable bonds is 5. The van der Waals surface area contributed by atoms with Gasteiger partial charge in [-0.05, 0) is 68.1 Å². The van der Waals surface area contributed by atoms with E-state index >= 15 is 0 Å². The van der Waals surface area contributed by atoms with E-state index in [0.717, 1.165) is 28.6 Å². The summed E-state index contributed by atoms with van der Waals surface area (Å²) in [6, 6.07) is 10.1. The highest BCUT2D eigenvalue weighted by Crippen LogP contribution is 2.29. The Labute approximate surface area is 173 Å². The number of thiazole rings is 1. The van der Waals surface area contributed by atoms with Crippen LogP contribution in [-0.4, -0.2) is 36.7 Å². The van der Waals surface area contributed by atoms with Gasteiger partial charge in [-0.25, -0.2) is 13.4 Å². The summed E-state index contributed by atoms with van der Waals surface area (Å²) in [4.78, 5) is 17.1. The van der Waals surface area contributed by atoms with Crippen LogP contribution in [0.25, 0.3) is 10.2 Å². The lowest BCUT2D eigenvalue weighted by molar-refractivity contribution is 0.0962. The van der Waals surface area contributed by atoms with Gasteiger partial charge in [0, 0.05) is 18.7 Å². The number of carbonyl (C=O) groups excluding carboxylic acids is 1. The standard InChI is InChI=1S/C20H22N4O3S2/c1-13-11-14(2)18-17(12-13)28-20(21-18)23-22-19(25)15-5-7-16(8-6-15)29(26,27)24-9-3-4-10-24/h5-8,11-12H,3-4,9-10H2,1-2H3,(H,21,23)(H,22,25). The van der Waals surface area contributed by atoms with Crippen LogP contribution in [0.3, 0.4) is 0 Å². The van der Waals surface area contributed by atoms with Crippen molar-refractivity contribution in [3.05, 3.63) is 53.1 Å². The van der Waals surface area contributed by atoms with Gasteiger partial charge in [-0.15, -0.1) is 0 Å². The van der Waals surface area contributed by atoms with Gasteiger partial charge in [0.2, 0.25) is 15.2 Å². The number of hydrogen-bond donors (Lipinski definition) is 2. The molecule has 1 fully saturated rings. The maximum absolute atomic E-state index is 12.6. The first-order valence-electron chi connectivity index (χ1n) is 9.39. The molecular formula is C20H22N4O3S2. The Morgan fingerprint density at radius 1 is 1.10 bits per heavy atom. The predicted octanol–water partition coefficient (Wildman–Crippen LogP) is 3.45. The summed E-state index contributed by atoms with van der Waals surface area (Å²) >= 11 is 1.46. The highest BCUT2D eigenvalue weighted by Gasteiger charge is 2.27. The first-order valence-corrected chi connectivity index (χ1v) is 11.6. The summed E-state index contributed by atoms with van der Waals surface area (Å²) in [5.41, 5.74) is 9.00. The molecule has 7 nitrogen and oxygen atoms in total. The average molecular weight is 431 g/mol. The summed E-state index contributed by atoms with van der Waals surface area (Å²) in [6.45, 7) is 5.15. The molecule has 2 N–H and O–H groups in total. The van der Waals surface area contributed by atoms with Gasteiger partial charge in [-0.3, -0.25) is 15.6 Å². The number of amides is 1. The van der Waals surface area contributed by atoms with Crippen LogP contribution in [-0.2, 0) is 10.0 Å². The summed E-state index contributed by atoms with van der Waals surface area (Å²) in [6.07, 6.45) is 1.77. The fourth-order valence-electron chi connectivity index (χ4n) is 3.46. The molecule has 2 heterocycles. The molecule has 1 aromatic heterocycles. The molecule has 1 aliphatic rings. The van der Waals surface area contributed by atoms with Crippen LogP contribution in [0.5, 0.6) is 0 Å². The molecule has 1 saturated heterocycles. The number of anilines is 1. The number of fused-ring (bicyclic) bond motifs is 1. The molecule has 0 spiro atoms. The van der Waals surface area contributed by atoms with Gasteiger partial charge < -0.3 is 0 Å². The molecule has 0 bridgehead atoms. The maximum atomic E-state index is 12.6. The van der Waals surface area contributed by atoms with Crippen molar-refractivity contribution in [1.29, 1.82) is 0 Å². The lowest BCUT2D eigenvalue weighted by Crippen LogP contribution is -2.30. The number of benzene rings is 2. The molecule has 3 aromatic rings. The summed E-state index contributed by atoms with van der Waals surface area (Å²) in [7, 11) is -3.48. The number of aromatic nitrogens is 1. The number of nitrogens with one attached hydrogen (secondary N) is 2. The number of carbonyl (C=O) groups is 1. The first-order chi connectivity index (χ1) is 13.8. The minimum absolute atomic E-state index is 0.209. The molecule has 2 aromatic carbocycles. The molecule has 9 heteroatoms. The van der Waals surface area contributed by atoms with Crippen molar-refractivity contribution in [2.75, 3.05) is 18.5 Å². The lowest BCUT2D eigenvalue weighted by atomic mass is 10.1. The van der Waals surface area contributed by atoms with Crippen LogP contribution in [0.15, 0.2) is 41.3 Å². The molecule has 29 heavy (non-hydrogen) atoms. The van der Waals surface area contributed by atoms with Crippen LogP contribution in [0.2, 0.25) is 0 Å². The molecule has 0 atom stereocenters. The summed E-state index contributed by atoms with van der Waals surface area (Å²) in [5, 5.41) is 0.593. The zero-order valence-electron chi connectivity index (χ0n) is 16.2. The Morgan fingerprint density at radius 3 is 2.48 bits per heavy atom. The molecule has 4 rings (SSSR count). The van der Waals surface area contributed by atoms with Gasteiger partial charge in [0.15, 0.2) is 0 Å². The Balaban J connectivity index is 1.44. The summed E-state index contributed by atoms with van der Waals surface area (Å²) < 4.78 is 27.7. The van der Waals surface area contributed by atoms with Crippen molar-refractivity contribution in [2.24, 2.45) is 0 Å². The van der Waals surface area contributed by atoms with Crippen LogP contribution in [0, 0.1) is 13.8 Å². The van der Waals surface area contributed by atoms with Gasteiger partial charge in [-0.2, -0.15) is 4.31 Å². The van der Waals surface area contributed by atoms with E-state index in [1.807, 2.05) is 13.8 Å². The Bertz CT molecular complexity index is 1160. The monoisotopic (exact) mass is 430 g/mol. The van der Waals surface area contributed by atoms with E-state index in [9.17, 15) is 13.2 Å². The number of sulfonamides is 1. The fraction of sp³-hybridized carbons (Fsp3) is 0.300. The number of aryl methyl sites for hydroxylation is 2. The third-order valence-corrected chi connectivity index (χ3v) is 7.76. The molecular weight excluding hydrogens is 408 g/mol. The zero-order valence-corrected chi connectivity index (χ0v) is 17.9. The van der Waals surface area contributed by atoms with Crippen molar-refractivity contribution in [3.63, 3.8) is 0 Å². The van der Waals surface area contributed by atoms with E-state index in [-0.39, 0.29) is 10.8 Å². The van der Waals surface area contributed by atoms with Gasteiger partial charge in [0.1, 0.15) is 0 Å². The molecule has 1 aliphatic heterocycles. The van der Waals surface area contributed by atoms with E-state index < -0.39 is 10.0 Å². The second-order valence-electron chi connectivity index (χ2n) is 7.16. The SMILES string of the molecule is Cc1cc(C)c2nc(NNC(=O)c3ccc(S(=O)(=O)N4CCCC4)cc3)sc2c1. The largest absolute Gasteiger partial charge is 0.273 e. The lowest BCUT2D eigenvalue weighted by Gasteiger charge is -2.15. The minimum Gasteiger partial charge on any atom is -0.273 e. The van der Waals surface area contributed by atoms with E-state index in [0.29, 0.717) is 23.8 Å². The van der Waals surface area contributed by atoms with Crippen molar-refractivity contribution in [3.8, 4) is 0 Å².